The fourth-order valence-electron chi connectivity index (χ4n) is 11.8. The minimum Gasteiger partial charge on any atom is -0.394 e. The molecule has 1 fully saturated rings. The molecule has 0 bridgehead atoms. The number of nitrogens with one attached hydrogen (secondary N) is 1. The highest BCUT2D eigenvalue weighted by Gasteiger charge is 2.44. The molecule has 1 aliphatic rings. The number of allylic oxidation sites excluding steroid dienone is 1. The van der Waals surface area contributed by atoms with E-state index in [-0.39, 0.29) is 12.5 Å². The van der Waals surface area contributed by atoms with Crippen LogP contribution in [0.5, 0.6) is 0 Å². The van der Waals surface area contributed by atoms with Gasteiger partial charge < -0.3 is 40.3 Å². The first-order valence-corrected chi connectivity index (χ1v) is 35.4. The standard InChI is InChI=1S/C70H137NO8/c1-3-5-7-9-11-13-15-17-19-21-23-25-27-29-30-31-32-33-34-36-37-39-41-43-45-47-49-51-53-55-57-59-64(73)63(62-78-70-69(77)68(76)67(75)65(61-72)79-70)71-66(74)60-58-56-54-52-50-48-46-44-42-40-38-35-28-26-24-22-20-18-16-14-12-10-8-6-4-2/h57,59,63-65,67-70,72-73,75-77H,3-56,58,60-62H2,1-2H3,(H,71,74)/b59-57+. The van der Waals surface area contributed by atoms with Crippen molar-refractivity contribution >= 4 is 5.91 Å². The van der Waals surface area contributed by atoms with Crippen LogP contribution in [0.15, 0.2) is 12.2 Å². The molecular formula is C70H137NO8. The van der Waals surface area contributed by atoms with Gasteiger partial charge in [0, 0.05) is 6.42 Å². The summed E-state index contributed by atoms with van der Waals surface area (Å²) in [6, 6.07) is -0.802. The van der Waals surface area contributed by atoms with Crippen LogP contribution in [0.3, 0.4) is 0 Å². The van der Waals surface area contributed by atoms with Crippen molar-refractivity contribution < 1.29 is 39.8 Å². The first-order chi connectivity index (χ1) is 38.8. The Morgan fingerprint density at radius 3 is 0.987 bits per heavy atom. The molecular weight excluding hydrogens is 983 g/mol. The fourth-order valence-corrected chi connectivity index (χ4v) is 11.8. The molecule has 0 spiro atoms. The van der Waals surface area contributed by atoms with E-state index >= 15 is 0 Å². The Hall–Kier alpha value is -1.07. The molecule has 1 rings (SSSR count). The van der Waals surface area contributed by atoms with Crippen molar-refractivity contribution in [3.05, 3.63) is 12.2 Å². The van der Waals surface area contributed by atoms with Crippen LogP contribution in [-0.4, -0.2) is 87.5 Å². The molecule has 0 aromatic heterocycles. The number of amides is 1. The molecule has 9 heteroatoms. The van der Waals surface area contributed by atoms with Gasteiger partial charge in [0.15, 0.2) is 6.29 Å². The summed E-state index contributed by atoms with van der Waals surface area (Å²) >= 11 is 0. The lowest BCUT2D eigenvalue weighted by Crippen LogP contribution is -2.60. The van der Waals surface area contributed by atoms with Gasteiger partial charge in [-0.25, -0.2) is 0 Å². The summed E-state index contributed by atoms with van der Waals surface area (Å²) in [4.78, 5) is 13.1. The summed E-state index contributed by atoms with van der Waals surface area (Å²) in [5.74, 6) is -0.167. The van der Waals surface area contributed by atoms with Crippen LogP contribution in [0.25, 0.3) is 0 Å². The van der Waals surface area contributed by atoms with Gasteiger partial charge in [-0.2, -0.15) is 0 Å². The summed E-state index contributed by atoms with van der Waals surface area (Å²) < 4.78 is 11.3. The van der Waals surface area contributed by atoms with E-state index in [1.54, 1.807) is 6.08 Å². The lowest BCUT2D eigenvalue weighted by molar-refractivity contribution is -0.302. The second kappa shape index (κ2) is 60.1. The Bertz CT molecular complexity index is 1250. The Balaban J connectivity index is 2.11. The third-order valence-corrected chi connectivity index (χ3v) is 17.4. The lowest BCUT2D eigenvalue weighted by atomic mass is 9.99. The lowest BCUT2D eigenvalue weighted by Gasteiger charge is -2.40. The van der Waals surface area contributed by atoms with Crippen molar-refractivity contribution in [3.63, 3.8) is 0 Å². The number of ether oxygens (including phenoxy) is 2. The van der Waals surface area contributed by atoms with Crippen molar-refractivity contribution in [1.29, 1.82) is 0 Å². The second-order valence-electron chi connectivity index (χ2n) is 25.0. The largest absolute Gasteiger partial charge is 0.394 e. The van der Waals surface area contributed by atoms with E-state index in [0.29, 0.717) is 6.42 Å². The highest BCUT2D eigenvalue weighted by Crippen LogP contribution is 2.24. The monoisotopic (exact) mass is 1120 g/mol. The SMILES string of the molecule is CCCCCCCCCCCCCCCCCCCCCCCCCCCCCCC/C=C/C(O)C(COC1OC(CO)C(O)C(O)C1O)NC(=O)CCCCCCCCCCCCCCCCCCCCCCCCCCC. The predicted molar refractivity (Wildman–Crippen MR) is 337 cm³/mol. The van der Waals surface area contributed by atoms with E-state index in [9.17, 15) is 30.3 Å². The quantitative estimate of drug-likeness (QED) is 0.0261. The van der Waals surface area contributed by atoms with Crippen molar-refractivity contribution in [2.45, 2.75) is 416 Å². The molecule has 7 atom stereocenters. The van der Waals surface area contributed by atoms with Crippen LogP contribution >= 0.6 is 0 Å². The third-order valence-electron chi connectivity index (χ3n) is 17.4. The van der Waals surface area contributed by atoms with Crippen LogP contribution in [0.2, 0.25) is 0 Å². The summed E-state index contributed by atoms with van der Waals surface area (Å²) in [5, 5.41) is 54.8. The summed E-state index contributed by atoms with van der Waals surface area (Å²) in [7, 11) is 0. The van der Waals surface area contributed by atoms with E-state index in [2.05, 4.69) is 19.2 Å². The third kappa shape index (κ3) is 49.0. The van der Waals surface area contributed by atoms with E-state index in [1.807, 2.05) is 6.08 Å². The van der Waals surface area contributed by atoms with Crippen LogP contribution in [0.1, 0.15) is 373 Å². The average Bonchev–Trinajstić information content (AvgIpc) is 3.47. The van der Waals surface area contributed by atoms with Crippen LogP contribution in [0, 0.1) is 0 Å². The topological polar surface area (TPSA) is 149 Å². The number of unbranched alkanes of at least 4 members (excludes halogenated alkanes) is 53. The van der Waals surface area contributed by atoms with Crippen molar-refractivity contribution in [1.82, 2.24) is 5.32 Å². The molecule has 1 heterocycles. The van der Waals surface area contributed by atoms with Gasteiger partial charge in [0.1, 0.15) is 24.4 Å². The Morgan fingerprint density at radius 2 is 0.696 bits per heavy atom. The molecule has 0 aromatic carbocycles. The van der Waals surface area contributed by atoms with E-state index < -0.39 is 49.5 Å². The molecule has 9 nitrogen and oxygen atoms in total. The molecule has 1 aliphatic heterocycles. The number of carbonyl (C=O) groups excluding carboxylic acids is 1. The summed E-state index contributed by atoms with van der Waals surface area (Å²) in [6.07, 6.45) is 70.4. The molecule has 0 saturated carbocycles. The second-order valence-corrected chi connectivity index (χ2v) is 25.0. The van der Waals surface area contributed by atoms with Gasteiger partial charge >= 0.3 is 0 Å². The molecule has 470 valence electrons. The van der Waals surface area contributed by atoms with Crippen LogP contribution in [0.4, 0.5) is 0 Å². The minimum absolute atomic E-state index is 0.167. The predicted octanol–water partition coefficient (Wildman–Crippen LogP) is 19.1. The van der Waals surface area contributed by atoms with Crippen molar-refractivity contribution in [3.8, 4) is 0 Å². The first kappa shape index (κ1) is 75.9. The normalized spacial score (nSPS) is 18.5. The maximum Gasteiger partial charge on any atom is 0.220 e. The van der Waals surface area contributed by atoms with Gasteiger partial charge in [-0.15, -0.1) is 0 Å². The highest BCUT2D eigenvalue weighted by atomic mass is 16.7. The minimum atomic E-state index is -1.56. The Morgan fingerprint density at radius 1 is 0.418 bits per heavy atom. The number of hydrogen-bond donors (Lipinski definition) is 6. The maximum atomic E-state index is 13.1. The van der Waals surface area contributed by atoms with Crippen LogP contribution in [-0.2, 0) is 14.3 Å². The van der Waals surface area contributed by atoms with Gasteiger partial charge in [-0.3, -0.25) is 4.79 Å². The van der Waals surface area contributed by atoms with Crippen LogP contribution < -0.4 is 5.32 Å². The number of hydrogen-bond acceptors (Lipinski definition) is 8. The molecule has 1 amide bonds. The smallest absolute Gasteiger partial charge is 0.220 e. The molecule has 0 aliphatic carbocycles. The zero-order valence-electron chi connectivity index (χ0n) is 52.7. The average molecular weight is 1120 g/mol. The maximum absolute atomic E-state index is 13.1. The molecule has 1 saturated heterocycles. The fraction of sp³-hybridized carbons (Fsp3) is 0.957. The van der Waals surface area contributed by atoms with Gasteiger partial charge in [0.05, 0.1) is 25.4 Å². The molecule has 6 N–H and O–H groups in total. The zero-order chi connectivity index (χ0) is 57.2. The van der Waals surface area contributed by atoms with Gasteiger partial charge in [0.2, 0.25) is 5.91 Å². The number of rotatable bonds is 63. The molecule has 0 aromatic rings. The molecule has 0 radical (unpaired) electrons. The Kier molecular flexibility index (Phi) is 57.7. The zero-order valence-corrected chi connectivity index (χ0v) is 52.7. The molecule has 7 unspecified atom stereocenters. The van der Waals surface area contributed by atoms with Crippen molar-refractivity contribution in [2.24, 2.45) is 0 Å². The van der Waals surface area contributed by atoms with Gasteiger partial charge in [0.25, 0.3) is 0 Å². The summed E-state index contributed by atoms with van der Waals surface area (Å²) in [5.41, 5.74) is 0. The molecule has 79 heavy (non-hydrogen) atoms. The van der Waals surface area contributed by atoms with E-state index in [0.717, 1.165) is 38.5 Å². The number of aliphatic hydroxyl groups excluding tert-OH is 5. The van der Waals surface area contributed by atoms with E-state index in [4.69, 9.17) is 9.47 Å². The highest BCUT2D eigenvalue weighted by molar-refractivity contribution is 5.76. The van der Waals surface area contributed by atoms with Gasteiger partial charge in [-0.1, -0.05) is 360 Å². The first-order valence-electron chi connectivity index (χ1n) is 35.4. The number of aliphatic hydroxyl groups is 5. The number of carbonyl (C=O) groups is 1. The van der Waals surface area contributed by atoms with Gasteiger partial charge in [-0.05, 0) is 19.3 Å². The Labute approximate surface area is 490 Å². The van der Waals surface area contributed by atoms with E-state index in [1.165, 1.54) is 315 Å². The van der Waals surface area contributed by atoms with Crippen molar-refractivity contribution in [2.75, 3.05) is 13.2 Å². The summed E-state index contributed by atoms with van der Waals surface area (Å²) in [6.45, 7) is 3.85.